The molecule has 6 heteroatoms. The molecule has 1 saturated carbocycles. The van der Waals surface area contributed by atoms with Gasteiger partial charge in [0.15, 0.2) is 0 Å². The minimum absolute atomic E-state index is 0.144. The summed E-state index contributed by atoms with van der Waals surface area (Å²) in [5, 5.41) is 11.8. The minimum Gasteiger partial charge on any atom is -0.481 e. The normalized spacial score (nSPS) is 34.3. The molecule has 0 aromatic rings. The zero-order valence-electron chi connectivity index (χ0n) is 10.3. The lowest BCUT2D eigenvalue weighted by atomic mass is 9.60. The Hall–Kier alpha value is -1.56. The van der Waals surface area contributed by atoms with Gasteiger partial charge in [-0.2, -0.15) is 0 Å². The lowest BCUT2D eigenvalue weighted by Crippen LogP contribution is -2.59. The van der Waals surface area contributed by atoms with Crippen LogP contribution in [0.1, 0.15) is 19.8 Å². The van der Waals surface area contributed by atoms with Crippen molar-refractivity contribution < 1.29 is 24.2 Å². The first kappa shape index (κ1) is 12.9. The van der Waals surface area contributed by atoms with Crippen molar-refractivity contribution in [3.8, 4) is 0 Å². The van der Waals surface area contributed by atoms with Gasteiger partial charge >= 0.3 is 12.1 Å². The van der Waals surface area contributed by atoms with Crippen LogP contribution in [0.5, 0.6) is 0 Å². The fourth-order valence-electron chi connectivity index (χ4n) is 2.71. The van der Waals surface area contributed by atoms with E-state index in [1.165, 1.54) is 6.08 Å². The highest BCUT2D eigenvalue weighted by molar-refractivity contribution is 5.78. The number of alkyl carbamates (subject to hydrolysis) is 1. The van der Waals surface area contributed by atoms with Crippen molar-refractivity contribution in [1.29, 1.82) is 0 Å². The lowest BCUT2D eigenvalue weighted by Gasteiger charge is -2.45. The smallest absolute Gasteiger partial charge is 0.407 e. The van der Waals surface area contributed by atoms with Gasteiger partial charge in [0.2, 0.25) is 0 Å². The third-order valence-corrected chi connectivity index (χ3v) is 3.82. The lowest BCUT2D eigenvalue weighted by molar-refractivity contribution is -0.154. The molecule has 1 atom stereocenters. The maximum atomic E-state index is 11.4. The molecule has 3 rings (SSSR count). The zero-order chi connectivity index (χ0) is 13.4. The second kappa shape index (κ2) is 4.28. The summed E-state index contributed by atoms with van der Waals surface area (Å²) < 4.78 is 10.4. The van der Waals surface area contributed by atoms with Gasteiger partial charge in [-0.1, -0.05) is 12.7 Å². The van der Waals surface area contributed by atoms with Gasteiger partial charge in [-0.05, 0) is 19.8 Å². The summed E-state index contributed by atoms with van der Waals surface area (Å²) >= 11 is 0. The van der Waals surface area contributed by atoms with Crippen LogP contribution >= 0.6 is 0 Å². The topological polar surface area (TPSA) is 84.9 Å². The van der Waals surface area contributed by atoms with Crippen molar-refractivity contribution in [2.45, 2.75) is 31.4 Å². The van der Waals surface area contributed by atoms with E-state index in [4.69, 9.17) is 14.6 Å². The van der Waals surface area contributed by atoms with E-state index in [0.717, 1.165) is 0 Å². The Kier molecular flexibility index (Phi) is 3.06. The van der Waals surface area contributed by atoms with Crippen LogP contribution in [0, 0.1) is 5.41 Å². The van der Waals surface area contributed by atoms with E-state index in [0.29, 0.717) is 12.8 Å². The predicted octanol–water partition coefficient (Wildman–Crippen LogP) is 0.921. The van der Waals surface area contributed by atoms with Crippen molar-refractivity contribution in [2.24, 2.45) is 5.41 Å². The van der Waals surface area contributed by atoms with Crippen LogP contribution in [0.2, 0.25) is 0 Å². The molecule has 1 unspecified atom stereocenters. The van der Waals surface area contributed by atoms with Crippen molar-refractivity contribution in [3.05, 3.63) is 12.7 Å². The molecule has 0 aromatic heterocycles. The van der Waals surface area contributed by atoms with E-state index in [1.807, 2.05) is 0 Å². The Balaban J connectivity index is 1.89. The number of hydrogen-bond donors (Lipinski definition) is 2. The fourth-order valence-corrected chi connectivity index (χ4v) is 2.71. The Morgan fingerprint density at radius 2 is 2.28 bits per heavy atom. The third kappa shape index (κ3) is 1.86. The van der Waals surface area contributed by atoms with Gasteiger partial charge in [-0.25, -0.2) is 4.79 Å². The molecule has 2 heterocycles. The second-order valence-electron chi connectivity index (χ2n) is 5.05. The summed E-state index contributed by atoms with van der Waals surface area (Å²) in [6.45, 7) is 5.60. The van der Waals surface area contributed by atoms with Gasteiger partial charge in [0.25, 0.3) is 0 Å². The first-order chi connectivity index (χ1) is 8.44. The number of ether oxygens (including phenoxy) is 2. The van der Waals surface area contributed by atoms with E-state index in [9.17, 15) is 9.59 Å². The maximum absolute atomic E-state index is 11.4. The highest BCUT2D eigenvalue weighted by Crippen LogP contribution is 2.59. The molecule has 100 valence electrons. The van der Waals surface area contributed by atoms with Crippen LogP contribution in [0.25, 0.3) is 0 Å². The number of nitrogens with one attached hydrogen (secondary N) is 1. The highest BCUT2D eigenvalue weighted by atomic mass is 16.6. The zero-order valence-corrected chi connectivity index (χ0v) is 10.3. The number of carbonyl (C=O) groups is 2. The number of carboxylic acids is 1. The SMILES string of the molecule is C=CCOC(=O)NC(C)C12CC(C(=O)O)(CO1)C2. The number of hydrogen-bond acceptors (Lipinski definition) is 4. The Morgan fingerprint density at radius 3 is 2.78 bits per heavy atom. The largest absolute Gasteiger partial charge is 0.481 e. The van der Waals surface area contributed by atoms with E-state index in [2.05, 4.69) is 11.9 Å². The predicted molar refractivity (Wildman–Crippen MR) is 62.1 cm³/mol. The molecule has 2 bridgehead atoms. The van der Waals surface area contributed by atoms with Gasteiger partial charge in [0, 0.05) is 0 Å². The second-order valence-corrected chi connectivity index (χ2v) is 5.05. The fraction of sp³-hybridized carbons (Fsp3) is 0.667. The molecule has 2 N–H and O–H groups in total. The quantitative estimate of drug-likeness (QED) is 0.713. The molecule has 3 aliphatic rings. The van der Waals surface area contributed by atoms with Crippen LogP contribution in [0.3, 0.4) is 0 Å². The Morgan fingerprint density at radius 1 is 1.61 bits per heavy atom. The molecule has 0 radical (unpaired) electrons. The molecule has 6 nitrogen and oxygen atoms in total. The van der Waals surface area contributed by atoms with Crippen molar-refractivity contribution >= 4 is 12.1 Å². The van der Waals surface area contributed by atoms with Crippen molar-refractivity contribution in [2.75, 3.05) is 13.2 Å². The van der Waals surface area contributed by atoms with Gasteiger partial charge < -0.3 is 19.9 Å². The molecule has 1 aliphatic carbocycles. The van der Waals surface area contributed by atoms with Crippen LogP contribution in [-0.2, 0) is 14.3 Å². The monoisotopic (exact) mass is 255 g/mol. The first-order valence-electron chi connectivity index (χ1n) is 5.86. The van der Waals surface area contributed by atoms with Crippen LogP contribution in [0.15, 0.2) is 12.7 Å². The minimum atomic E-state index is -0.822. The molecular formula is C12H17NO5. The molecule has 0 spiro atoms. The standard InChI is InChI=1S/C12H17NO5/c1-3-4-17-10(16)13-8(2)12-5-11(6-12,7-18-12)9(14)15/h3,8H,1,4-7H2,2H3,(H,13,16)(H,14,15). The van der Waals surface area contributed by atoms with Crippen LogP contribution in [0.4, 0.5) is 4.79 Å². The van der Waals surface area contributed by atoms with Crippen molar-refractivity contribution in [3.63, 3.8) is 0 Å². The number of carbonyl (C=O) groups excluding carboxylic acids is 1. The molecule has 3 fully saturated rings. The summed E-state index contributed by atoms with van der Waals surface area (Å²) in [7, 11) is 0. The molecule has 2 aliphatic heterocycles. The van der Waals surface area contributed by atoms with E-state index < -0.39 is 23.1 Å². The number of carboxylic acid groups (broad SMARTS) is 1. The third-order valence-electron chi connectivity index (χ3n) is 3.82. The number of fused-ring (bicyclic) bond motifs is 1. The average Bonchev–Trinajstić information content (AvgIpc) is 2.82. The molecular weight excluding hydrogens is 238 g/mol. The number of aliphatic carboxylic acids is 1. The van der Waals surface area contributed by atoms with Crippen LogP contribution < -0.4 is 5.32 Å². The first-order valence-corrected chi connectivity index (χ1v) is 5.86. The van der Waals surface area contributed by atoms with Crippen LogP contribution in [-0.4, -0.2) is 42.0 Å². The van der Waals surface area contributed by atoms with Gasteiger partial charge in [0.05, 0.1) is 23.7 Å². The van der Waals surface area contributed by atoms with Gasteiger partial charge in [0.1, 0.15) is 6.61 Å². The average molecular weight is 255 g/mol. The summed E-state index contributed by atoms with van der Waals surface area (Å²) in [6.07, 6.45) is 1.82. The summed E-state index contributed by atoms with van der Waals surface area (Å²) in [6, 6.07) is -0.273. The molecule has 1 amide bonds. The van der Waals surface area contributed by atoms with E-state index in [1.54, 1.807) is 6.92 Å². The summed E-state index contributed by atoms with van der Waals surface area (Å²) in [5.74, 6) is -0.822. The Bertz CT molecular complexity index is 386. The van der Waals surface area contributed by atoms with Gasteiger partial charge in [-0.3, -0.25) is 4.79 Å². The number of amides is 1. The van der Waals surface area contributed by atoms with E-state index >= 15 is 0 Å². The maximum Gasteiger partial charge on any atom is 0.407 e. The number of rotatable bonds is 5. The van der Waals surface area contributed by atoms with Crippen molar-refractivity contribution in [1.82, 2.24) is 5.32 Å². The molecule has 0 aromatic carbocycles. The van der Waals surface area contributed by atoms with E-state index in [-0.39, 0.29) is 19.3 Å². The molecule has 18 heavy (non-hydrogen) atoms. The Labute approximate surface area is 105 Å². The highest BCUT2D eigenvalue weighted by Gasteiger charge is 2.68. The van der Waals surface area contributed by atoms with Gasteiger partial charge in [-0.15, -0.1) is 0 Å². The summed E-state index contributed by atoms with van der Waals surface area (Å²) in [4.78, 5) is 22.5. The molecule has 2 saturated heterocycles. The summed E-state index contributed by atoms with van der Waals surface area (Å²) in [5.41, 5.74) is -1.30.